The Balaban J connectivity index is 1.37. The van der Waals surface area contributed by atoms with E-state index in [4.69, 9.17) is 0 Å². The third kappa shape index (κ3) is 4.00. The van der Waals surface area contributed by atoms with E-state index in [1.165, 1.54) is 11.1 Å². The van der Waals surface area contributed by atoms with Crippen LogP contribution in [0.5, 0.6) is 0 Å². The zero-order valence-corrected chi connectivity index (χ0v) is 15.3. The number of aryl methyl sites for hydroxylation is 1. The van der Waals surface area contributed by atoms with Gasteiger partial charge in [-0.05, 0) is 48.6 Å². The fourth-order valence-corrected chi connectivity index (χ4v) is 3.51. The van der Waals surface area contributed by atoms with Crippen molar-refractivity contribution in [3.8, 4) is 0 Å². The Morgan fingerprint density at radius 3 is 2.74 bits per heavy atom. The molecule has 2 aromatic carbocycles. The van der Waals surface area contributed by atoms with E-state index in [1.54, 1.807) is 6.20 Å². The minimum absolute atomic E-state index is 0.0344. The molecule has 1 amide bonds. The Morgan fingerprint density at radius 2 is 1.85 bits per heavy atom. The summed E-state index contributed by atoms with van der Waals surface area (Å²) in [6, 6.07) is 22.3. The Morgan fingerprint density at radius 1 is 1.04 bits per heavy atom. The quantitative estimate of drug-likeness (QED) is 0.668. The maximum Gasteiger partial charge on any atom is 0.276 e. The summed E-state index contributed by atoms with van der Waals surface area (Å²) in [5.41, 5.74) is 5.00. The standard InChI is InChI=1S/C23H23N3O/c27-23(26-16-13-19-10-4-5-11-22(19)26)21-17-20(12-15-25-21)24-14-6-9-18-7-2-1-3-8-18/h1-5,7-8,10-12,15,17H,6,9,13-14,16H2,(H,24,25). The molecule has 0 atom stereocenters. The van der Waals surface area contributed by atoms with Crippen LogP contribution in [0.3, 0.4) is 0 Å². The van der Waals surface area contributed by atoms with Crippen molar-refractivity contribution in [3.05, 3.63) is 89.7 Å². The zero-order chi connectivity index (χ0) is 18.5. The van der Waals surface area contributed by atoms with Gasteiger partial charge in [0.15, 0.2) is 0 Å². The highest BCUT2D eigenvalue weighted by Crippen LogP contribution is 2.28. The van der Waals surface area contributed by atoms with Crippen LogP contribution >= 0.6 is 0 Å². The molecule has 1 aromatic heterocycles. The first kappa shape index (κ1) is 17.3. The van der Waals surface area contributed by atoms with E-state index < -0.39 is 0 Å². The van der Waals surface area contributed by atoms with Gasteiger partial charge >= 0.3 is 0 Å². The zero-order valence-electron chi connectivity index (χ0n) is 15.3. The molecule has 4 nitrogen and oxygen atoms in total. The number of nitrogens with zero attached hydrogens (tertiary/aromatic N) is 2. The highest BCUT2D eigenvalue weighted by molar-refractivity contribution is 6.06. The number of amides is 1. The summed E-state index contributed by atoms with van der Waals surface area (Å²) in [6.45, 7) is 1.58. The van der Waals surface area contributed by atoms with E-state index in [2.05, 4.69) is 40.6 Å². The van der Waals surface area contributed by atoms with Crippen LogP contribution in [0.15, 0.2) is 72.9 Å². The molecule has 1 N–H and O–H groups in total. The van der Waals surface area contributed by atoms with Crippen LogP contribution in [-0.4, -0.2) is 24.0 Å². The third-order valence-electron chi connectivity index (χ3n) is 4.93. The molecule has 0 aliphatic carbocycles. The van der Waals surface area contributed by atoms with Gasteiger partial charge in [0.25, 0.3) is 5.91 Å². The van der Waals surface area contributed by atoms with Gasteiger partial charge in [-0.1, -0.05) is 48.5 Å². The predicted octanol–water partition coefficient (Wildman–Crippen LogP) is 4.33. The molecule has 0 fully saturated rings. The van der Waals surface area contributed by atoms with Gasteiger partial charge in [0.2, 0.25) is 0 Å². The molecule has 136 valence electrons. The molecule has 4 heteroatoms. The van der Waals surface area contributed by atoms with Gasteiger partial charge in [-0.25, -0.2) is 0 Å². The van der Waals surface area contributed by atoms with Crippen LogP contribution in [0, 0.1) is 0 Å². The Labute approximate surface area is 159 Å². The summed E-state index contributed by atoms with van der Waals surface area (Å²) >= 11 is 0. The van der Waals surface area contributed by atoms with Crippen LogP contribution in [-0.2, 0) is 12.8 Å². The van der Waals surface area contributed by atoms with Gasteiger partial charge in [-0.3, -0.25) is 9.78 Å². The second kappa shape index (κ2) is 8.04. The largest absolute Gasteiger partial charge is 0.385 e. The molecule has 1 aliphatic heterocycles. The summed E-state index contributed by atoms with van der Waals surface area (Å²) in [7, 11) is 0. The van der Waals surface area contributed by atoms with Crippen molar-refractivity contribution in [2.75, 3.05) is 23.3 Å². The van der Waals surface area contributed by atoms with Crippen molar-refractivity contribution in [1.29, 1.82) is 0 Å². The van der Waals surface area contributed by atoms with E-state index in [-0.39, 0.29) is 5.91 Å². The number of nitrogens with one attached hydrogen (secondary N) is 1. The lowest BCUT2D eigenvalue weighted by molar-refractivity contribution is 0.0984. The lowest BCUT2D eigenvalue weighted by Crippen LogP contribution is -2.29. The van der Waals surface area contributed by atoms with Gasteiger partial charge < -0.3 is 10.2 Å². The molecular weight excluding hydrogens is 334 g/mol. The Kier molecular flexibility index (Phi) is 5.15. The van der Waals surface area contributed by atoms with Crippen molar-refractivity contribution in [1.82, 2.24) is 4.98 Å². The van der Waals surface area contributed by atoms with E-state index in [0.717, 1.165) is 37.2 Å². The topological polar surface area (TPSA) is 45.2 Å². The number of benzene rings is 2. The molecule has 0 bridgehead atoms. The minimum Gasteiger partial charge on any atom is -0.385 e. The second-order valence-electron chi connectivity index (χ2n) is 6.78. The first-order chi connectivity index (χ1) is 13.3. The summed E-state index contributed by atoms with van der Waals surface area (Å²) in [5, 5.41) is 3.41. The van der Waals surface area contributed by atoms with Crippen molar-refractivity contribution in [2.24, 2.45) is 0 Å². The molecule has 1 aliphatic rings. The van der Waals surface area contributed by atoms with Crippen LogP contribution < -0.4 is 10.2 Å². The molecule has 0 radical (unpaired) electrons. The highest BCUT2D eigenvalue weighted by atomic mass is 16.2. The van der Waals surface area contributed by atoms with E-state index in [1.807, 2.05) is 41.3 Å². The summed E-state index contributed by atoms with van der Waals surface area (Å²) in [6.07, 6.45) is 4.68. The first-order valence-electron chi connectivity index (χ1n) is 9.45. The van der Waals surface area contributed by atoms with Crippen LogP contribution in [0.25, 0.3) is 0 Å². The van der Waals surface area contributed by atoms with Gasteiger partial charge in [0.1, 0.15) is 5.69 Å². The van der Waals surface area contributed by atoms with Crippen LogP contribution in [0.1, 0.15) is 28.0 Å². The molecule has 2 heterocycles. The van der Waals surface area contributed by atoms with Gasteiger partial charge in [0, 0.05) is 30.7 Å². The predicted molar refractivity (Wildman–Crippen MR) is 109 cm³/mol. The SMILES string of the molecule is O=C(c1cc(NCCCc2ccccc2)ccn1)N1CCc2ccccc21. The smallest absolute Gasteiger partial charge is 0.276 e. The number of aromatic nitrogens is 1. The average molecular weight is 357 g/mol. The normalized spacial score (nSPS) is 12.7. The number of hydrogen-bond acceptors (Lipinski definition) is 3. The highest BCUT2D eigenvalue weighted by Gasteiger charge is 2.25. The average Bonchev–Trinajstić information content (AvgIpc) is 3.16. The lowest BCUT2D eigenvalue weighted by atomic mass is 10.1. The fraction of sp³-hybridized carbons (Fsp3) is 0.217. The molecule has 0 spiro atoms. The number of anilines is 2. The molecule has 0 unspecified atom stereocenters. The van der Waals surface area contributed by atoms with Crippen molar-refractivity contribution in [2.45, 2.75) is 19.3 Å². The van der Waals surface area contributed by atoms with Crippen molar-refractivity contribution < 1.29 is 4.79 Å². The number of carbonyl (C=O) groups excluding carboxylic acids is 1. The van der Waals surface area contributed by atoms with Gasteiger partial charge in [0.05, 0.1) is 0 Å². The second-order valence-corrected chi connectivity index (χ2v) is 6.78. The summed E-state index contributed by atoms with van der Waals surface area (Å²) in [4.78, 5) is 19.0. The molecule has 0 saturated carbocycles. The van der Waals surface area contributed by atoms with Crippen molar-refractivity contribution in [3.63, 3.8) is 0 Å². The van der Waals surface area contributed by atoms with Crippen LogP contribution in [0.4, 0.5) is 11.4 Å². The fourth-order valence-electron chi connectivity index (χ4n) is 3.51. The van der Waals surface area contributed by atoms with Crippen LogP contribution in [0.2, 0.25) is 0 Å². The maximum atomic E-state index is 12.9. The molecule has 27 heavy (non-hydrogen) atoms. The number of fused-ring (bicyclic) bond motifs is 1. The van der Waals surface area contributed by atoms with Gasteiger partial charge in [-0.2, -0.15) is 0 Å². The van der Waals surface area contributed by atoms with E-state index >= 15 is 0 Å². The summed E-state index contributed by atoms with van der Waals surface area (Å²) < 4.78 is 0. The molecule has 0 saturated heterocycles. The summed E-state index contributed by atoms with van der Waals surface area (Å²) in [5.74, 6) is -0.0344. The minimum atomic E-state index is -0.0344. The monoisotopic (exact) mass is 357 g/mol. The van der Waals surface area contributed by atoms with Gasteiger partial charge in [-0.15, -0.1) is 0 Å². The first-order valence-corrected chi connectivity index (χ1v) is 9.45. The van der Waals surface area contributed by atoms with E-state index in [9.17, 15) is 4.79 Å². The Bertz CT molecular complexity index is 924. The number of para-hydroxylation sites is 1. The number of hydrogen-bond donors (Lipinski definition) is 1. The van der Waals surface area contributed by atoms with E-state index in [0.29, 0.717) is 12.2 Å². The maximum absolute atomic E-state index is 12.9. The lowest BCUT2D eigenvalue weighted by Gasteiger charge is -2.17. The molecule has 4 rings (SSSR count). The molecule has 3 aromatic rings. The van der Waals surface area contributed by atoms with Crippen molar-refractivity contribution >= 4 is 17.3 Å². The Hall–Kier alpha value is -3.14. The molecular formula is C23H23N3O. The number of rotatable bonds is 6. The number of pyridine rings is 1. The third-order valence-corrected chi connectivity index (χ3v) is 4.93. The number of carbonyl (C=O) groups is 1.